The number of rotatable bonds is 2. The number of anilines is 1. The van der Waals surface area contributed by atoms with Crippen LogP contribution < -0.4 is 5.32 Å². The van der Waals surface area contributed by atoms with Gasteiger partial charge in [0.05, 0.1) is 5.69 Å². The second-order valence-corrected chi connectivity index (χ2v) is 4.28. The zero-order chi connectivity index (χ0) is 10.4. The lowest BCUT2D eigenvalue weighted by atomic mass is 10.3. The number of pyridine rings is 1. The van der Waals surface area contributed by atoms with E-state index in [2.05, 4.69) is 14.7 Å². The van der Waals surface area contributed by atoms with Crippen molar-refractivity contribution >= 4 is 22.8 Å². The molecule has 0 amide bonds. The number of aromatic nitrogens is 2. The Bertz CT molecular complexity index is 514. The van der Waals surface area contributed by atoms with Gasteiger partial charge in [0.25, 0.3) is 0 Å². The fraction of sp³-hybridized carbons (Fsp3) is 0.364. The van der Waals surface area contributed by atoms with Crippen LogP contribution in [0.15, 0.2) is 18.3 Å². The molecule has 0 aromatic carbocycles. The predicted octanol–water partition coefficient (Wildman–Crippen LogP) is 2.91. The molecule has 2 heterocycles. The van der Waals surface area contributed by atoms with E-state index >= 15 is 0 Å². The first-order valence-electron chi connectivity index (χ1n) is 5.15. The molecule has 1 aliphatic rings. The minimum atomic E-state index is 0.599. The zero-order valence-electron chi connectivity index (χ0n) is 8.50. The molecule has 0 atom stereocenters. The summed E-state index contributed by atoms with van der Waals surface area (Å²) in [6.07, 6.45) is 4.50. The highest BCUT2D eigenvalue weighted by molar-refractivity contribution is 6.33. The molecule has 1 aliphatic carbocycles. The minimum absolute atomic E-state index is 0.599. The third-order valence-electron chi connectivity index (χ3n) is 2.86. The van der Waals surface area contributed by atoms with Gasteiger partial charge in [-0.15, -0.1) is 0 Å². The standard InChI is InChI=1S/C11H12ClN3/c1-13-8-3-2-6-15-9(8)10(12)14-11(15)7-4-5-7/h2-3,6-7,13H,4-5H2,1H3. The van der Waals surface area contributed by atoms with E-state index in [1.54, 1.807) is 0 Å². The number of hydrogen-bond acceptors (Lipinski definition) is 2. The topological polar surface area (TPSA) is 29.3 Å². The van der Waals surface area contributed by atoms with E-state index in [9.17, 15) is 0 Å². The normalized spacial score (nSPS) is 15.9. The second kappa shape index (κ2) is 3.14. The summed E-state index contributed by atoms with van der Waals surface area (Å²) in [5.41, 5.74) is 2.02. The third-order valence-corrected chi connectivity index (χ3v) is 3.12. The Morgan fingerprint density at radius 1 is 1.53 bits per heavy atom. The van der Waals surface area contributed by atoms with Gasteiger partial charge in [0.1, 0.15) is 11.3 Å². The number of hydrogen-bond donors (Lipinski definition) is 1. The third kappa shape index (κ3) is 1.30. The predicted molar refractivity (Wildman–Crippen MR) is 61.7 cm³/mol. The fourth-order valence-electron chi connectivity index (χ4n) is 1.95. The minimum Gasteiger partial charge on any atom is -0.386 e. The summed E-state index contributed by atoms with van der Waals surface area (Å²) in [5.74, 6) is 1.71. The van der Waals surface area contributed by atoms with E-state index in [-0.39, 0.29) is 0 Å². The van der Waals surface area contributed by atoms with Gasteiger partial charge < -0.3 is 9.72 Å². The molecule has 0 aliphatic heterocycles. The lowest BCUT2D eigenvalue weighted by Gasteiger charge is -2.04. The molecule has 1 N–H and O–H groups in total. The van der Waals surface area contributed by atoms with Gasteiger partial charge in [-0.1, -0.05) is 11.6 Å². The van der Waals surface area contributed by atoms with Crippen molar-refractivity contribution in [1.82, 2.24) is 9.38 Å². The van der Waals surface area contributed by atoms with Crippen LogP contribution in [-0.4, -0.2) is 16.4 Å². The van der Waals surface area contributed by atoms with Crippen molar-refractivity contribution in [3.63, 3.8) is 0 Å². The van der Waals surface area contributed by atoms with Crippen LogP contribution in [-0.2, 0) is 0 Å². The fourth-order valence-corrected chi connectivity index (χ4v) is 2.23. The second-order valence-electron chi connectivity index (χ2n) is 3.93. The van der Waals surface area contributed by atoms with Crippen molar-refractivity contribution < 1.29 is 0 Å². The number of nitrogens with one attached hydrogen (secondary N) is 1. The van der Waals surface area contributed by atoms with E-state index in [1.165, 1.54) is 12.8 Å². The summed E-state index contributed by atoms with van der Waals surface area (Å²) in [6, 6.07) is 4.03. The van der Waals surface area contributed by atoms with Crippen LogP contribution in [0.5, 0.6) is 0 Å². The molecule has 2 aromatic rings. The van der Waals surface area contributed by atoms with Crippen molar-refractivity contribution in [3.8, 4) is 0 Å². The number of fused-ring (bicyclic) bond motifs is 1. The Morgan fingerprint density at radius 2 is 2.33 bits per heavy atom. The lowest BCUT2D eigenvalue weighted by Crippen LogP contribution is -1.95. The highest BCUT2D eigenvalue weighted by atomic mass is 35.5. The molecule has 0 bridgehead atoms. The summed E-state index contributed by atoms with van der Waals surface area (Å²) in [4.78, 5) is 4.45. The molecule has 1 saturated carbocycles. The summed E-state index contributed by atoms with van der Waals surface area (Å²) >= 11 is 6.16. The summed E-state index contributed by atoms with van der Waals surface area (Å²) in [7, 11) is 1.90. The molecule has 3 nitrogen and oxygen atoms in total. The molecule has 2 aromatic heterocycles. The summed E-state index contributed by atoms with van der Waals surface area (Å²) < 4.78 is 2.10. The van der Waals surface area contributed by atoms with E-state index in [4.69, 9.17) is 11.6 Å². The molecule has 78 valence electrons. The van der Waals surface area contributed by atoms with Crippen molar-refractivity contribution in [2.24, 2.45) is 0 Å². The molecule has 0 spiro atoms. The number of nitrogens with zero attached hydrogens (tertiary/aromatic N) is 2. The van der Waals surface area contributed by atoms with Gasteiger partial charge in [0.2, 0.25) is 0 Å². The van der Waals surface area contributed by atoms with Gasteiger partial charge in [-0.3, -0.25) is 0 Å². The monoisotopic (exact) mass is 221 g/mol. The largest absolute Gasteiger partial charge is 0.386 e. The van der Waals surface area contributed by atoms with Crippen LogP contribution in [0.1, 0.15) is 24.6 Å². The van der Waals surface area contributed by atoms with E-state index in [0.29, 0.717) is 11.1 Å². The SMILES string of the molecule is CNc1cccn2c(C3CC3)nc(Cl)c12. The van der Waals surface area contributed by atoms with Crippen LogP contribution in [0, 0.1) is 0 Å². The maximum atomic E-state index is 6.16. The molecule has 0 saturated heterocycles. The Hall–Kier alpha value is -1.22. The molecule has 3 rings (SSSR count). The van der Waals surface area contributed by atoms with Gasteiger partial charge in [-0.2, -0.15) is 0 Å². The van der Waals surface area contributed by atoms with Gasteiger partial charge >= 0.3 is 0 Å². The van der Waals surface area contributed by atoms with Crippen molar-refractivity contribution in [1.29, 1.82) is 0 Å². The van der Waals surface area contributed by atoms with Gasteiger partial charge in [0.15, 0.2) is 5.15 Å². The quantitative estimate of drug-likeness (QED) is 0.845. The lowest BCUT2D eigenvalue weighted by molar-refractivity contribution is 0.921. The van der Waals surface area contributed by atoms with Gasteiger partial charge in [-0.25, -0.2) is 4.98 Å². The molecule has 1 fully saturated rings. The van der Waals surface area contributed by atoms with E-state index in [1.807, 2.05) is 25.4 Å². The first kappa shape index (κ1) is 9.04. The van der Waals surface area contributed by atoms with Crippen LogP contribution in [0.3, 0.4) is 0 Å². The van der Waals surface area contributed by atoms with Crippen LogP contribution in [0.4, 0.5) is 5.69 Å². The van der Waals surface area contributed by atoms with Crippen LogP contribution >= 0.6 is 11.6 Å². The zero-order valence-corrected chi connectivity index (χ0v) is 9.25. The summed E-state index contributed by atoms with van der Waals surface area (Å²) in [5, 5.41) is 3.74. The molecule has 15 heavy (non-hydrogen) atoms. The Labute approximate surface area is 93.1 Å². The molecular formula is C11H12ClN3. The summed E-state index contributed by atoms with van der Waals surface area (Å²) in [6.45, 7) is 0. The van der Waals surface area contributed by atoms with E-state index < -0.39 is 0 Å². The first-order chi connectivity index (χ1) is 7.31. The highest BCUT2D eigenvalue weighted by Crippen LogP contribution is 2.41. The Balaban J connectivity index is 2.32. The highest BCUT2D eigenvalue weighted by Gasteiger charge is 2.29. The molecule has 0 unspecified atom stereocenters. The van der Waals surface area contributed by atoms with E-state index in [0.717, 1.165) is 17.0 Å². The van der Waals surface area contributed by atoms with Crippen molar-refractivity contribution in [2.75, 3.05) is 12.4 Å². The average Bonchev–Trinajstić information content (AvgIpc) is 3.04. The molecule has 4 heteroatoms. The molecular weight excluding hydrogens is 210 g/mol. The van der Waals surface area contributed by atoms with Crippen molar-refractivity contribution in [3.05, 3.63) is 29.3 Å². The molecule has 0 radical (unpaired) electrons. The van der Waals surface area contributed by atoms with Gasteiger partial charge in [-0.05, 0) is 25.0 Å². The Kier molecular flexibility index (Phi) is 1.89. The van der Waals surface area contributed by atoms with Crippen LogP contribution in [0.2, 0.25) is 5.15 Å². The van der Waals surface area contributed by atoms with Crippen LogP contribution in [0.25, 0.3) is 5.52 Å². The number of imidazole rings is 1. The van der Waals surface area contributed by atoms with Gasteiger partial charge in [0, 0.05) is 19.2 Å². The number of halogens is 1. The van der Waals surface area contributed by atoms with Crippen molar-refractivity contribution in [2.45, 2.75) is 18.8 Å². The smallest absolute Gasteiger partial charge is 0.157 e. The average molecular weight is 222 g/mol. The first-order valence-corrected chi connectivity index (χ1v) is 5.53. The maximum Gasteiger partial charge on any atom is 0.157 e. The maximum absolute atomic E-state index is 6.16. The Morgan fingerprint density at radius 3 is 3.00 bits per heavy atom.